The van der Waals surface area contributed by atoms with Crippen LogP contribution >= 0.6 is 11.6 Å². The Hall–Kier alpha value is -3.03. The molecule has 3 aromatic rings. The van der Waals surface area contributed by atoms with E-state index in [1.165, 1.54) is 11.0 Å². The van der Waals surface area contributed by atoms with E-state index in [0.29, 0.717) is 29.1 Å². The highest BCUT2D eigenvalue weighted by molar-refractivity contribution is 6.33. The van der Waals surface area contributed by atoms with E-state index in [0.717, 1.165) is 12.6 Å². The predicted molar refractivity (Wildman–Crippen MR) is 130 cm³/mol. The van der Waals surface area contributed by atoms with Crippen molar-refractivity contribution in [3.63, 3.8) is 0 Å². The van der Waals surface area contributed by atoms with Gasteiger partial charge in [0.15, 0.2) is 11.5 Å². The van der Waals surface area contributed by atoms with Crippen LogP contribution in [0.1, 0.15) is 38.7 Å². The standard InChI is InChI=1S/C26H28ClNO6/c1-26(2,3)25(32)34-21-13-28(4)10-9-15(21)22-17(29)11-18(30)23-19(31)12-20(33-24(22)23)14-7-5-6-8-16(14)27/h5-8,11-12,15,21,29-30H,9-10,13H2,1-4H3/p+1/t15-,21+/m0/s1. The monoisotopic (exact) mass is 486 g/mol. The van der Waals surface area contributed by atoms with Gasteiger partial charge in [-0.1, -0.05) is 23.7 Å². The topological polar surface area (TPSA) is 101 Å². The van der Waals surface area contributed by atoms with Crippen molar-refractivity contribution in [3.8, 4) is 22.8 Å². The molecule has 0 saturated carbocycles. The molecule has 1 aliphatic heterocycles. The van der Waals surface area contributed by atoms with Crippen LogP contribution in [0.4, 0.5) is 0 Å². The maximum atomic E-state index is 13.1. The number of piperidine rings is 1. The number of rotatable bonds is 3. The number of ether oxygens (including phenoxy) is 1. The molecule has 0 radical (unpaired) electrons. The molecule has 1 aliphatic rings. The Bertz CT molecular complexity index is 1310. The fourth-order valence-corrected chi connectivity index (χ4v) is 4.65. The lowest BCUT2D eigenvalue weighted by Gasteiger charge is -2.35. The number of esters is 1. The number of phenolic OH excluding ortho intramolecular Hbond substituents is 2. The summed E-state index contributed by atoms with van der Waals surface area (Å²) in [6.07, 6.45) is 0.0369. The number of quaternary nitrogens is 1. The van der Waals surface area contributed by atoms with Crippen LogP contribution in [-0.4, -0.2) is 42.4 Å². The van der Waals surface area contributed by atoms with Crippen molar-refractivity contribution in [2.24, 2.45) is 5.41 Å². The minimum absolute atomic E-state index is 0.0317. The van der Waals surface area contributed by atoms with Crippen molar-refractivity contribution in [2.75, 3.05) is 20.1 Å². The molecule has 1 fully saturated rings. The molecule has 3 atom stereocenters. The first-order chi connectivity index (χ1) is 16.0. The van der Waals surface area contributed by atoms with Crippen molar-refractivity contribution in [2.45, 2.75) is 39.2 Å². The minimum Gasteiger partial charge on any atom is -0.507 e. The molecular weight excluding hydrogens is 458 g/mol. The summed E-state index contributed by atoms with van der Waals surface area (Å²) in [5.41, 5.74) is -0.227. The number of likely N-dealkylation sites (N-methyl/N-ethyl adjacent to an activating group) is 1. The molecule has 1 aromatic heterocycles. The van der Waals surface area contributed by atoms with Crippen molar-refractivity contribution in [1.29, 1.82) is 0 Å². The van der Waals surface area contributed by atoms with E-state index < -0.39 is 22.9 Å². The molecule has 2 aromatic carbocycles. The number of aromatic hydroxyl groups is 2. The molecule has 7 nitrogen and oxygen atoms in total. The Morgan fingerprint density at radius 3 is 2.56 bits per heavy atom. The highest BCUT2D eigenvalue weighted by Gasteiger charge is 2.40. The Morgan fingerprint density at radius 2 is 1.88 bits per heavy atom. The van der Waals surface area contributed by atoms with Gasteiger partial charge in [0, 0.05) is 35.6 Å². The van der Waals surface area contributed by atoms with Gasteiger partial charge < -0.3 is 24.3 Å². The number of nitrogens with one attached hydrogen (secondary N) is 1. The van der Waals surface area contributed by atoms with Gasteiger partial charge in [-0.15, -0.1) is 0 Å². The first kappa shape index (κ1) is 24.1. The summed E-state index contributed by atoms with van der Waals surface area (Å²) in [5.74, 6) is -1.15. The molecular formula is C26H29ClNO6+. The first-order valence-corrected chi connectivity index (χ1v) is 11.6. The molecule has 4 rings (SSSR count). The van der Waals surface area contributed by atoms with Gasteiger partial charge in [-0.2, -0.15) is 0 Å². The molecule has 3 N–H and O–H groups in total. The largest absolute Gasteiger partial charge is 0.507 e. The van der Waals surface area contributed by atoms with Crippen molar-refractivity contribution in [3.05, 3.63) is 57.2 Å². The molecule has 0 bridgehead atoms. The Labute approximate surface area is 202 Å². The van der Waals surface area contributed by atoms with Crippen LogP contribution in [0, 0.1) is 5.41 Å². The SMILES string of the molecule is C[NH+]1CC[C@H](c2c(O)cc(O)c3c(=O)cc(-c4ccccc4Cl)oc23)[C@H](OC(=O)C(C)(C)C)C1. The van der Waals surface area contributed by atoms with Gasteiger partial charge in [-0.3, -0.25) is 9.59 Å². The Balaban J connectivity index is 1.92. The van der Waals surface area contributed by atoms with Gasteiger partial charge in [0.05, 0.1) is 24.0 Å². The summed E-state index contributed by atoms with van der Waals surface area (Å²) in [6, 6.07) is 9.37. The quantitative estimate of drug-likeness (QED) is 0.490. The van der Waals surface area contributed by atoms with Crippen molar-refractivity contribution >= 4 is 28.5 Å². The van der Waals surface area contributed by atoms with Crippen LogP contribution in [-0.2, 0) is 9.53 Å². The fourth-order valence-electron chi connectivity index (χ4n) is 4.42. The van der Waals surface area contributed by atoms with Gasteiger partial charge in [0.1, 0.15) is 34.8 Å². The number of phenols is 2. The second kappa shape index (κ2) is 8.96. The number of hydrogen-bond donors (Lipinski definition) is 3. The predicted octanol–water partition coefficient (Wildman–Crippen LogP) is 3.48. The maximum absolute atomic E-state index is 13.1. The number of carbonyl (C=O) groups excluding carboxylic acids is 1. The normalized spacial score (nSPS) is 20.9. The lowest BCUT2D eigenvalue weighted by atomic mass is 9.84. The molecule has 1 saturated heterocycles. The summed E-state index contributed by atoms with van der Waals surface area (Å²) in [6.45, 7) is 6.65. The van der Waals surface area contributed by atoms with Gasteiger partial charge in [-0.05, 0) is 32.9 Å². The van der Waals surface area contributed by atoms with Crippen LogP contribution in [0.25, 0.3) is 22.3 Å². The molecule has 1 unspecified atom stereocenters. The Kier molecular flexibility index (Phi) is 6.36. The van der Waals surface area contributed by atoms with Crippen LogP contribution in [0.15, 0.2) is 45.6 Å². The summed E-state index contributed by atoms with van der Waals surface area (Å²) < 4.78 is 12.1. The number of hydrogen-bond acceptors (Lipinski definition) is 6. The van der Waals surface area contributed by atoms with Crippen LogP contribution in [0.3, 0.4) is 0 Å². The van der Waals surface area contributed by atoms with Gasteiger partial charge in [0.25, 0.3) is 0 Å². The second-order valence-corrected chi connectivity index (χ2v) is 10.4. The maximum Gasteiger partial charge on any atom is 0.311 e. The van der Waals surface area contributed by atoms with Crippen LogP contribution in [0.5, 0.6) is 11.5 Å². The van der Waals surface area contributed by atoms with Crippen LogP contribution in [0.2, 0.25) is 5.02 Å². The van der Waals surface area contributed by atoms with Gasteiger partial charge >= 0.3 is 5.97 Å². The van der Waals surface area contributed by atoms with E-state index in [1.807, 2.05) is 7.05 Å². The zero-order valence-corrected chi connectivity index (χ0v) is 20.4. The molecule has 0 aliphatic carbocycles. The third kappa shape index (κ3) is 4.50. The van der Waals surface area contributed by atoms with Crippen LogP contribution < -0.4 is 10.3 Å². The fraction of sp³-hybridized carbons (Fsp3) is 0.385. The van der Waals surface area contributed by atoms with E-state index in [1.54, 1.807) is 45.0 Å². The lowest BCUT2D eigenvalue weighted by molar-refractivity contribution is -0.888. The highest BCUT2D eigenvalue weighted by atomic mass is 35.5. The third-order valence-electron chi connectivity index (χ3n) is 6.26. The zero-order valence-electron chi connectivity index (χ0n) is 19.6. The van der Waals surface area contributed by atoms with E-state index in [9.17, 15) is 19.8 Å². The molecule has 8 heteroatoms. The second-order valence-electron chi connectivity index (χ2n) is 9.99. The lowest BCUT2D eigenvalue weighted by Crippen LogP contribution is -3.11. The van der Waals surface area contributed by atoms with Gasteiger partial charge in [-0.25, -0.2) is 0 Å². The van der Waals surface area contributed by atoms with E-state index in [-0.39, 0.29) is 34.2 Å². The minimum atomic E-state index is -0.696. The number of benzene rings is 2. The number of fused-ring (bicyclic) bond motifs is 1. The van der Waals surface area contributed by atoms with Gasteiger partial charge in [0.2, 0.25) is 0 Å². The summed E-state index contributed by atoms with van der Waals surface area (Å²) in [4.78, 5) is 27.0. The highest BCUT2D eigenvalue weighted by Crippen LogP contribution is 2.43. The smallest absolute Gasteiger partial charge is 0.311 e. The summed E-state index contributed by atoms with van der Waals surface area (Å²) in [7, 11) is 2.01. The number of carbonyl (C=O) groups is 1. The molecule has 2 heterocycles. The van der Waals surface area contributed by atoms with E-state index in [4.69, 9.17) is 20.8 Å². The molecule has 34 heavy (non-hydrogen) atoms. The van der Waals surface area contributed by atoms with E-state index in [2.05, 4.69) is 0 Å². The zero-order chi connectivity index (χ0) is 24.8. The summed E-state index contributed by atoms with van der Waals surface area (Å²) >= 11 is 6.33. The summed E-state index contributed by atoms with van der Waals surface area (Å²) in [5, 5.41) is 21.8. The number of likely N-dealkylation sites (tertiary alicyclic amines) is 1. The van der Waals surface area contributed by atoms with Crippen molar-refractivity contribution in [1.82, 2.24) is 0 Å². The average molecular weight is 487 g/mol. The van der Waals surface area contributed by atoms with Crippen molar-refractivity contribution < 1.29 is 29.1 Å². The Morgan fingerprint density at radius 1 is 1.18 bits per heavy atom. The third-order valence-corrected chi connectivity index (χ3v) is 6.59. The molecule has 180 valence electrons. The molecule has 0 spiro atoms. The first-order valence-electron chi connectivity index (χ1n) is 11.3. The number of halogens is 1. The van der Waals surface area contributed by atoms with E-state index >= 15 is 0 Å². The molecule has 0 amide bonds. The average Bonchev–Trinajstić information content (AvgIpc) is 2.74.